The van der Waals surface area contributed by atoms with Crippen LogP contribution >= 0.6 is 0 Å². The Hall–Kier alpha value is -6.85. The number of rotatable bonds is 2. The first kappa shape index (κ1) is 108. The van der Waals surface area contributed by atoms with Gasteiger partial charge in [-0.3, -0.25) is 48.7 Å². The molecular weight excluding hydrogens is 2020 g/mol. The van der Waals surface area contributed by atoms with Crippen LogP contribution in [0, 0.1) is 177 Å². The first-order chi connectivity index (χ1) is 57.1. The zero-order chi connectivity index (χ0) is 95.8. The van der Waals surface area contributed by atoms with E-state index in [0.717, 1.165) is 22.8 Å². The van der Waals surface area contributed by atoms with Crippen LogP contribution in [0.1, 0.15) is 202 Å². The first-order valence-corrected chi connectivity index (χ1v) is 41.0. The van der Waals surface area contributed by atoms with Crippen LogP contribution in [0.15, 0.2) is 166 Å². The van der Waals surface area contributed by atoms with Gasteiger partial charge in [0.25, 0.3) is 0 Å². The number of aromatic nitrogens is 4. The molecule has 12 bridgehead atoms. The number of nitrogens with zero attached hydrogens (tertiary/aromatic N) is 4. The number of pyridine rings is 4. The number of allylic oxidation sites excluding steroid dienone is 12. The minimum absolute atomic E-state index is 0. The molecule has 4 aromatic heterocycles. The molecule has 2 radical (unpaired) electrons. The molecule has 12 aliphatic rings. The van der Waals surface area contributed by atoms with Crippen molar-refractivity contribution in [3.63, 3.8) is 0 Å². The summed E-state index contributed by atoms with van der Waals surface area (Å²) in [5.74, 6) is -18.5. The van der Waals surface area contributed by atoms with Crippen LogP contribution in [0.2, 0.25) is 0 Å². The largest absolute Gasteiger partial charge is 3.00 e. The van der Waals surface area contributed by atoms with Crippen molar-refractivity contribution in [1.29, 1.82) is 0 Å². The first-order valence-electron chi connectivity index (χ1n) is 41.0. The van der Waals surface area contributed by atoms with Crippen molar-refractivity contribution in [2.75, 3.05) is 0 Å². The fourth-order valence-electron chi connectivity index (χ4n) is 21.7. The number of halogens is 18. The summed E-state index contributed by atoms with van der Waals surface area (Å²) >= 11 is 0. The summed E-state index contributed by atoms with van der Waals surface area (Å²) in [5, 5.41) is 67.9. The topological polar surface area (TPSA) is 292 Å². The van der Waals surface area contributed by atoms with E-state index in [0.29, 0.717) is 77.0 Å². The second-order valence-electron chi connectivity index (χ2n) is 39.1. The Labute approximate surface area is 790 Å². The van der Waals surface area contributed by atoms with Crippen LogP contribution < -0.4 is 30.6 Å². The van der Waals surface area contributed by atoms with Crippen molar-refractivity contribution in [2.45, 2.75) is 239 Å². The predicted octanol–water partition coefficient (Wildman–Crippen LogP) is 17.4. The number of alkyl halides is 18. The maximum absolute atomic E-state index is 12.5. The van der Waals surface area contributed by atoms with Gasteiger partial charge in [0.15, 0.2) is 34.7 Å². The van der Waals surface area contributed by atoms with Crippen molar-refractivity contribution in [3.8, 4) is 22.8 Å². The number of fused-ring (bicyclic) bond motifs is 12. The maximum atomic E-state index is 12.5. The Balaban J connectivity index is 0.000000201. The second-order valence-corrected chi connectivity index (χ2v) is 39.1. The number of carbonyl (C=O) groups excluding carboxylic acids is 6. The van der Waals surface area contributed by atoms with E-state index < -0.39 is 240 Å². The smallest absolute Gasteiger partial charge is 0.869 e. The number of carbonyl (C=O) groups is 6. The quantitative estimate of drug-likeness (QED) is 0.102. The fourth-order valence-corrected chi connectivity index (χ4v) is 21.7. The van der Waals surface area contributed by atoms with Gasteiger partial charge in [-0.2, -0.15) is 79.0 Å². The van der Waals surface area contributed by atoms with E-state index >= 15 is 0 Å². The van der Waals surface area contributed by atoms with Gasteiger partial charge in [0, 0.05) is 57.3 Å². The number of ketones is 6. The third-order valence-corrected chi connectivity index (χ3v) is 32.1. The summed E-state index contributed by atoms with van der Waals surface area (Å²) in [6.07, 6.45) is -16.2. The van der Waals surface area contributed by atoms with Gasteiger partial charge in [-0.15, -0.1) is 0 Å². The normalized spacial score (nSPS) is 32.7. The molecule has 12 atom stereocenters. The van der Waals surface area contributed by atoms with E-state index in [1.807, 2.05) is 72.8 Å². The average Bonchev–Trinajstić information content (AvgIpc) is 1.57. The molecule has 706 valence electrons. The summed E-state index contributed by atoms with van der Waals surface area (Å²) in [4.78, 5) is 89.0. The van der Waals surface area contributed by atoms with E-state index in [9.17, 15) is 138 Å². The molecule has 0 spiro atoms. The van der Waals surface area contributed by atoms with E-state index in [-0.39, 0.29) is 76.3 Å². The van der Waals surface area contributed by atoms with Crippen molar-refractivity contribution in [3.05, 3.63) is 166 Å². The molecule has 16 nitrogen and oxygen atoms in total. The van der Waals surface area contributed by atoms with Crippen LogP contribution in [0.5, 0.6) is 0 Å². The SMILES string of the molecule is CC1(C)[C@@H]2CC[C@@]1(C)C(=O)/C2=C(\[O-])C(F)(F)F.CC1(C)[C@@H]2CC[C@@]1(C)C(=O)/C2=C(\[O-])C(F)(F)F.CC1(C)[C@@H]2CC[C@@]1(C)C(=O)/C2=C(\[O-])C(F)(F)F.CC1(C)[C@@H]2CC[C@@]1(C)C(=O)/C2=C(\[O-])C(F)(F)F.CC1(C)[C@@H]2CC[C@@]1(C)C(=O)/C2=C(\[O-])C(F)(F)F.CC1(C)[C@@H]2CC[C@@]1(C)C(=O)/C2=C(\[O-])C(F)(F)F.[Dy+3].[Dy+3].c1ccc(-c2ccccn2)nc1.c1ccc(-c2ccccn2)nc1. The molecule has 0 saturated heterocycles. The molecule has 0 unspecified atom stereocenters. The molecule has 36 heteroatoms. The molecule has 12 fully saturated rings. The van der Waals surface area contributed by atoms with Gasteiger partial charge in [-0.25, -0.2) is 0 Å². The minimum atomic E-state index is -4.94. The van der Waals surface area contributed by atoms with Gasteiger partial charge in [0.1, 0.15) is 0 Å². The maximum Gasteiger partial charge on any atom is 3.00 e. The van der Waals surface area contributed by atoms with E-state index in [1.165, 1.54) is 0 Å². The molecule has 4 aromatic rings. The van der Waals surface area contributed by atoms with E-state index in [1.54, 1.807) is 149 Å². The second kappa shape index (κ2) is 36.2. The predicted molar refractivity (Wildman–Crippen MR) is 411 cm³/mol. The van der Waals surface area contributed by atoms with Crippen LogP contribution in [0.25, 0.3) is 22.8 Å². The van der Waals surface area contributed by atoms with Crippen molar-refractivity contribution >= 4 is 34.7 Å². The van der Waals surface area contributed by atoms with E-state index in [2.05, 4.69) is 19.9 Å². The molecule has 0 aliphatic heterocycles. The van der Waals surface area contributed by atoms with Crippen molar-refractivity contribution in [2.24, 2.45) is 100 Å². The zero-order valence-electron chi connectivity index (χ0n) is 73.3. The average molecular weight is 2120 g/mol. The summed E-state index contributed by atoms with van der Waals surface area (Å²) in [5.41, 5.74) is -7.65. The molecule has 12 aliphatic carbocycles. The zero-order valence-corrected chi connectivity index (χ0v) is 77.4. The summed E-state index contributed by atoms with van der Waals surface area (Å²) in [6.45, 7) is 31.4. The van der Waals surface area contributed by atoms with Crippen molar-refractivity contribution < 1.29 is 215 Å². The van der Waals surface area contributed by atoms with Crippen LogP contribution in [0.3, 0.4) is 0 Å². The van der Waals surface area contributed by atoms with Crippen molar-refractivity contribution in [1.82, 2.24) is 19.9 Å². The van der Waals surface area contributed by atoms with Gasteiger partial charge in [-0.05, 0) is 262 Å². The Bertz CT molecular complexity index is 4360. The van der Waals surface area contributed by atoms with Gasteiger partial charge in [0.05, 0.1) is 22.8 Å². The Morgan fingerprint density at radius 1 is 0.242 bits per heavy atom. The molecule has 0 amide bonds. The number of hydrogen-bond donors (Lipinski definition) is 0. The molecule has 12 saturated carbocycles. The Kier molecular flexibility index (Phi) is 30.6. The molecule has 0 aromatic carbocycles. The number of hydrogen-bond acceptors (Lipinski definition) is 16. The summed E-state index contributed by atoms with van der Waals surface area (Å²) in [6, 6.07) is 23.2. The molecular formula is C92H100Dy2F18N4O12. The van der Waals surface area contributed by atoms with Gasteiger partial charge >= 0.3 is 113 Å². The van der Waals surface area contributed by atoms with Crippen LogP contribution in [-0.4, -0.2) is 91.7 Å². The summed E-state index contributed by atoms with van der Waals surface area (Å²) in [7, 11) is 0. The molecule has 0 N–H and O–H groups in total. The Morgan fingerprint density at radius 3 is 0.438 bits per heavy atom. The Morgan fingerprint density at radius 2 is 0.359 bits per heavy atom. The minimum Gasteiger partial charge on any atom is -0.869 e. The van der Waals surface area contributed by atoms with E-state index in [4.69, 9.17) is 0 Å². The van der Waals surface area contributed by atoms with Gasteiger partial charge < -0.3 is 30.6 Å². The van der Waals surface area contributed by atoms with Crippen LogP contribution in [-0.2, 0) is 28.8 Å². The monoisotopic (exact) mass is 2120 g/mol. The summed E-state index contributed by atoms with van der Waals surface area (Å²) < 4.78 is 224. The van der Waals surface area contributed by atoms with Gasteiger partial charge in [-0.1, -0.05) is 149 Å². The number of Topliss-reactive ketones (excluding diaryl/α,β-unsaturated/α-hetero) is 6. The van der Waals surface area contributed by atoms with Crippen LogP contribution in [0.4, 0.5) is 79.0 Å². The fraction of sp³-hybridized carbons (Fsp3) is 0.587. The molecule has 4 heterocycles. The third kappa shape index (κ3) is 18.1. The standard InChI is InChI=1S/6C12H15F3O2.2C10H8N2.2Dy/c6*1-10(2)6-4-5-11(10,3)8(16)7(6)9(17)12(13,14)15;2*1-3-7-11-9(5-1)10-6-2-4-8-12-10;;/h6*6,17H,4-5H2,1-3H3;2*1-8H;;/q;;;;;;;;2*+3/p-6/b6*9-7-;;;;/t6*6-,11+;;;;/m111111..../s1. The molecule has 128 heavy (non-hydrogen) atoms. The third-order valence-electron chi connectivity index (χ3n) is 32.1. The molecule has 16 rings (SSSR count). The van der Waals surface area contributed by atoms with Gasteiger partial charge in [0.2, 0.25) is 0 Å².